The molecule has 2 fully saturated rings. The van der Waals surface area contributed by atoms with E-state index in [1.807, 2.05) is 0 Å². The second-order valence-corrected chi connectivity index (χ2v) is 6.28. The first-order valence-electron chi connectivity index (χ1n) is 6.89. The van der Waals surface area contributed by atoms with Gasteiger partial charge in [0, 0.05) is 29.9 Å². The quantitative estimate of drug-likeness (QED) is 0.847. The van der Waals surface area contributed by atoms with Crippen LogP contribution in [0, 0.1) is 0 Å². The van der Waals surface area contributed by atoms with Crippen LogP contribution in [-0.2, 0) is 6.61 Å². The molecule has 0 spiro atoms. The molecule has 0 amide bonds. The molecule has 0 unspecified atom stereocenters. The number of aliphatic hydroxyl groups excluding tert-OH is 1. The SMILES string of the molecule is OCc1cnc(Sc2nnc(C3CC3)n2C2CC2)nc1. The third kappa shape index (κ3) is 2.31. The zero-order chi connectivity index (χ0) is 13.5. The van der Waals surface area contributed by atoms with Crippen molar-refractivity contribution in [2.45, 2.75) is 54.6 Å². The van der Waals surface area contributed by atoms with Crippen LogP contribution in [0.2, 0.25) is 0 Å². The van der Waals surface area contributed by atoms with Gasteiger partial charge in [0.25, 0.3) is 0 Å². The van der Waals surface area contributed by atoms with E-state index in [1.165, 1.54) is 37.4 Å². The summed E-state index contributed by atoms with van der Waals surface area (Å²) in [7, 11) is 0. The van der Waals surface area contributed by atoms with Gasteiger partial charge in [0.15, 0.2) is 10.3 Å². The van der Waals surface area contributed by atoms with Gasteiger partial charge < -0.3 is 9.67 Å². The van der Waals surface area contributed by atoms with Gasteiger partial charge in [-0.2, -0.15) is 0 Å². The lowest BCUT2D eigenvalue weighted by Gasteiger charge is -2.07. The molecule has 0 atom stereocenters. The van der Waals surface area contributed by atoms with Crippen LogP contribution in [0.15, 0.2) is 22.7 Å². The van der Waals surface area contributed by atoms with Gasteiger partial charge in [0.1, 0.15) is 5.82 Å². The van der Waals surface area contributed by atoms with Crippen LogP contribution < -0.4 is 0 Å². The van der Waals surface area contributed by atoms with Crippen LogP contribution in [0.3, 0.4) is 0 Å². The number of hydrogen-bond acceptors (Lipinski definition) is 6. The highest BCUT2D eigenvalue weighted by Gasteiger charge is 2.36. The highest BCUT2D eigenvalue weighted by atomic mass is 32.2. The Kier molecular flexibility index (Phi) is 2.96. The fourth-order valence-corrected chi connectivity index (χ4v) is 3.01. The summed E-state index contributed by atoms with van der Waals surface area (Å²) in [6, 6.07) is 0.569. The average molecular weight is 289 g/mol. The molecule has 20 heavy (non-hydrogen) atoms. The van der Waals surface area contributed by atoms with Gasteiger partial charge in [-0.25, -0.2) is 9.97 Å². The van der Waals surface area contributed by atoms with Crippen molar-refractivity contribution < 1.29 is 5.11 Å². The summed E-state index contributed by atoms with van der Waals surface area (Å²) in [6.45, 7) is -0.0327. The second-order valence-electron chi connectivity index (χ2n) is 5.35. The summed E-state index contributed by atoms with van der Waals surface area (Å²) in [5.41, 5.74) is 0.719. The molecule has 2 saturated carbocycles. The van der Waals surface area contributed by atoms with E-state index in [0.29, 0.717) is 17.1 Å². The molecule has 2 aromatic heterocycles. The molecule has 6 nitrogen and oxygen atoms in total. The predicted octanol–water partition coefficient (Wildman–Crippen LogP) is 1.92. The molecule has 0 bridgehead atoms. The van der Waals surface area contributed by atoms with E-state index in [0.717, 1.165) is 16.5 Å². The third-order valence-corrected chi connectivity index (χ3v) is 4.45. The summed E-state index contributed by atoms with van der Waals surface area (Å²) < 4.78 is 2.28. The Labute approximate surface area is 120 Å². The van der Waals surface area contributed by atoms with E-state index < -0.39 is 0 Å². The Balaban J connectivity index is 1.61. The lowest BCUT2D eigenvalue weighted by atomic mass is 10.4. The van der Waals surface area contributed by atoms with Crippen molar-refractivity contribution in [1.82, 2.24) is 24.7 Å². The molecule has 2 aliphatic carbocycles. The zero-order valence-electron chi connectivity index (χ0n) is 10.9. The van der Waals surface area contributed by atoms with E-state index in [4.69, 9.17) is 5.11 Å². The van der Waals surface area contributed by atoms with Crippen molar-refractivity contribution in [3.63, 3.8) is 0 Å². The second kappa shape index (κ2) is 4.82. The third-order valence-electron chi connectivity index (χ3n) is 3.59. The molecular weight excluding hydrogens is 274 g/mol. The molecule has 2 aromatic rings. The van der Waals surface area contributed by atoms with Crippen molar-refractivity contribution in [2.24, 2.45) is 0 Å². The first-order chi connectivity index (χ1) is 9.85. The van der Waals surface area contributed by atoms with E-state index in [-0.39, 0.29) is 6.61 Å². The minimum absolute atomic E-state index is 0.0327. The van der Waals surface area contributed by atoms with Crippen LogP contribution >= 0.6 is 11.8 Å². The topological polar surface area (TPSA) is 76.7 Å². The van der Waals surface area contributed by atoms with Gasteiger partial charge in [-0.1, -0.05) is 0 Å². The minimum Gasteiger partial charge on any atom is -0.392 e. The number of rotatable bonds is 5. The summed E-state index contributed by atoms with van der Waals surface area (Å²) in [5, 5.41) is 19.2. The van der Waals surface area contributed by atoms with Crippen LogP contribution in [-0.4, -0.2) is 29.8 Å². The lowest BCUT2D eigenvalue weighted by Crippen LogP contribution is -2.02. The zero-order valence-corrected chi connectivity index (χ0v) is 11.8. The van der Waals surface area contributed by atoms with Gasteiger partial charge in [0.2, 0.25) is 0 Å². The molecule has 0 aliphatic heterocycles. The van der Waals surface area contributed by atoms with Gasteiger partial charge in [-0.15, -0.1) is 10.2 Å². The minimum atomic E-state index is -0.0327. The Morgan fingerprint density at radius 3 is 2.50 bits per heavy atom. The summed E-state index contributed by atoms with van der Waals surface area (Å²) in [5.74, 6) is 1.75. The normalized spacial score (nSPS) is 18.4. The predicted molar refractivity (Wildman–Crippen MR) is 72.3 cm³/mol. The van der Waals surface area contributed by atoms with Crippen LogP contribution in [0.5, 0.6) is 0 Å². The average Bonchev–Trinajstić information content (AvgIpc) is 3.39. The Hall–Kier alpha value is -1.47. The first kappa shape index (κ1) is 12.3. The number of hydrogen-bond donors (Lipinski definition) is 1. The van der Waals surface area contributed by atoms with Crippen molar-refractivity contribution in [2.75, 3.05) is 0 Å². The lowest BCUT2D eigenvalue weighted by molar-refractivity contribution is 0.280. The van der Waals surface area contributed by atoms with E-state index in [1.54, 1.807) is 12.4 Å². The van der Waals surface area contributed by atoms with Crippen molar-refractivity contribution in [3.8, 4) is 0 Å². The molecule has 0 saturated heterocycles. The highest BCUT2D eigenvalue weighted by molar-refractivity contribution is 7.99. The Morgan fingerprint density at radius 2 is 1.90 bits per heavy atom. The van der Waals surface area contributed by atoms with Crippen LogP contribution in [0.25, 0.3) is 0 Å². The summed E-state index contributed by atoms with van der Waals surface area (Å²) >= 11 is 1.45. The van der Waals surface area contributed by atoms with Crippen molar-refractivity contribution in [3.05, 3.63) is 23.8 Å². The standard InChI is InChI=1S/C13H15N5OS/c19-7-8-5-14-12(15-6-8)20-13-17-16-11(9-1-2-9)18(13)10-3-4-10/h5-6,9-10,19H,1-4,7H2. The molecule has 1 N–H and O–H groups in total. The maximum atomic E-state index is 9.00. The first-order valence-corrected chi connectivity index (χ1v) is 7.71. The van der Waals surface area contributed by atoms with Crippen molar-refractivity contribution in [1.29, 1.82) is 0 Å². The van der Waals surface area contributed by atoms with Gasteiger partial charge in [-0.05, 0) is 37.4 Å². The molecule has 2 aliphatic rings. The molecular formula is C13H15N5OS. The summed E-state index contributed by atoms with van der Waals surface area (Å²) in [4.78, 5) is 8.49. The fraction of sp³-hybridized carbons (Fsp3) is 0.538. The smallest absolute Gasteiger partial charge is 0.199 e. The maximum Gasteiger partial charge on any atom is 0.199 e. The van der Waals surface area contributed by atoms with E-state index >= 15 is 0 Å². The van der Waals surface area contributed by atoms with E-state index in [2.05, 4.69) is 24.7 Å². The monoisotopic (exact) mass is 289 g/mol. The summed E-state index contributed by atoms with van der Waals surface area (Å²) in [6.07, 6.45) is 8.20. The van der Waals surface area contributed by atoms with Crippen molar-refractivity contribution >= 4 is 11.8 Å². The van der Waals surface area contributed by atoms with Gasteiger partial charge >= 0.3 is 0 Å². The van der Waals surface area contributed by atoms with Gasteiger partial charge in [0.05, 0.1) is 6.61 Å². The Bertz CT molecular complexity index is 618. The molecule has 4 rings (SSSR count). The largest absolute Gasteiger partial charge is 0.392 e. The molecule has 104 valence electrons. The van der Waals surface area contributed by atoms with Gasteiger partial charge in [-0.3, -0.25) is 0 Å². The number of aliphatic hydroxyl groups is 1. The molecule has 0 radical (unpaired) electrons. The highest BCUT2D eigenvalue weighted by Crippen LogP contribution is 2.46. The maximum absolute atomic E-state index is 9.00. The number of nitrogens with zero attached hydrogens (tertiary/aromatic N) is 5. The van der Waals surface area contributed by atoms with Crippen LogP contribution in [0.4, 0.5) is 0 Å². The molecule has 2 heterocycles. The van der Waals surface area contributed by atoms with Crippen LogP contribution in [0.1, 0.15) is 49.0 Å². The molecule has 0 aromatic carbocycles. The number of aromatic nitrogens is 5. The molecule has 7 heteroatoms. The fourth-order valence-electron chi connectivity index (χ4n) is 2.21. The van der Waals surface area contributed by atoms with E-state index in [9.17, 15) is 0 Å². The Morgan fingerprint density at radius 1 is 1.15 bits per heavy atom.